The standard InChI is InChI=1S/C18H29N7O.HI/c1-2-19-17(23-14-15-4-5-15)20-9-6-16(26)24-10-12-25(13-11-24)18-21-7-3-8-22-18;/h3,7-8,15H,2,4-6,9-14H2,1H3,(H2,19,20,23);1H. The molecule has 0 unspecified atom stereocenters. The second-order valence-corrected chi connectivity index (χ2v) is 6.76. The van der Waals surface area contributed by atoms with E-state index in [4.69, 9.17) is 0 Å². The third kappa shape index (κ3) is 7.11. The first kappa shape index (κ1) is 21.6. The molecule has 0 aromatic carbocycles. The van der Waals surface area contributed by atoms with Gasteiger partial charge in [0.2, 0.25) is 11.9 Å². The van der Waals surface area contributed by atoms with Crippen molar-refractivity contribution in [1.82, 2.24) is 25.5 Å². The molecule has 2 aliphatic rings. The largest absolute Gasteiger partial charge is 0.357 e. The molecule has 150 valence electrons. The minimum Gasteiger partial charge on any atom is -0.357 e. The van der Waals surface area contributed by atoms with Crippen LogP contribution in [0.1, 0.15) is 26.2 Å². The van der Waals surface area contributed by atoms with E-state index < -0.39 is 0 Å². The Kier molecular flexibility index (Phi) is 9.02. The molecule has 8 nitrogen and oxygen atoms in total. The van der Waals surface area contributed by atoms with Crippen molar-refractivity contribution >= 4 is 41.8 Å². The van der Waals surface area contributed by atoms with Crippen molar-refractivity contribution in [3.05, 3.63) is 18.5 Å². The minimum atomic E-state index is 0. The van der Waals surface area contributed by atoms with E-state index in [0.717, 1.165) is 44.0 Å². The smallest absolute Gasteiger partial charge is 0.225 e. The van der Waals surface area contributed by atoms with E-state index in [9.17, 15) is 4.79 Å². The molecule has 0 bridgehead atoms. The number of nitrogens with one attached hydrogen (secondary N) is 2. The quantitative estimate of drug-likeness (QED) is 0.341. The van der Waals surface area contributed by atoms with Crippen LogP contribution in [0.4, 0.5) is 5.95 Å². The summed E-state index contributed by atoms with van der Waals surface area (Å²) in [5.74, 6) is 2.50. The monoisotopic (exact) mass is 487 g/mol. The number of nitrogens with zero attached hydrogens (tertiary/aromatic N) is 5. The summed E-state index contributed by atoms with van der Waals surface area (Å²) in [5.41, 5.74) is 0. The average molecular weight is 487 g/mol. The number of anilines is 1. The van der Waals surface area contributed by atoms with Crippen LogP contribution in [-0.2, 0) is 4.79 Å². The predicted molar refractivity (Wildman–Crippen MR) is 118 cm³/mol. The normalized spacial score (nSPS) is 17.3. The number of piperazine rings is 1. The van der Waals surface area contributed by atoms with Crippen LogP contribution in [0.3, 0.4) is 0 Å². The van der Waals surface area contributed by atoms with E-state index in [-0.39, 0.29) is 29.9 Å². The van der Waals surface area contributed by atoms with Gasteiger partial charge in [-0.2, -0.15) is 0 Å². The summed E-state index contributed by atoms with van der Waals surface area (Å²) < 4.78 is 0. The Morgan fingerprint density at radius 3 is 2.52 bits per heavy atom. The van der Waals surface area contributed by atoms with Crippen molar-refractivity contribution in [2.75, 3.05) is 50.7 Å². The molecule has 2 N–H and O–H groups in total. The second-order valence-electron chi connectivity index (χ2n) is 6.76. The molecule has 2 fully saturated rings. The van der Waals surface area contributed by atoms with Crippen LogP contribution < -0.4 is 15.5 Å². The van der Waals surface area contributed by atoms with Crippen LogP contribution in [0, 0.1) is 5.92 Å². The molecule has 0 radical (unpaired) electrons. The predicted octanol–water partition coefficient (Wildman–Crippen LogP) is 1.10. The number of hydrogen-bond acceptors (Lipinski definition) is 5. The molecule has 1 aromatic rings. The molecule has 9 heteroatoms. The Labute approximate surface area is 178 Å². The maximum absolute atomic E-state index is 12.4. The van der Waals surface area contributed by atoms with Gasteiger partial charge in [-0.1, -0.05) is 0 Å². The van der Waals surface area contributed by atoms with Gasteiger partial charge in [0.15, 0.2) is 5.96 Å². The van der Waals surface area contributed by atoms with Gasteiger partial charge in [-0.25, -0.2) is 9.97 Å². The number of aliphatic imine (C=N–C) groups is 1. The number of guanidine groups is 1. The zero-order valence-electron chi connectivity index (χ0n) is 15.9. The molecular formula is C18H30IN7O. The average Bonchev–Trinajstić information content (AvgIpc) is 3.51. The first-order valence-electron chi connectivity index (χ1n) is 9.58. The topological polar surface area (TPSA) is 85.8 Å². The summed E-state index contributed by atoms with van der Waals surface area (Å²) >= 11 is 0. The van der Waals surface area contributed by atoms with Crippen molar-refractivity contribution in [3.8, 4) is 0 Å². The van der Waals surface area contributed by atoms with Crippen molar-refractivity contribution < 1.29 is 4.79 Å². The molecule has 3 rings (SSSR count). The summed E-state index contributed by atoms with van der Waals surface area (Å²) in [6, 6.07) is 1.81. The van der Waals surface area contributed by atoms with Crippen LogP contribution in [0.2, 0.25) is 0 Å². The van der Waals surface area contributed by atoms with Gasteiger partial charge in [-0.05, 0) is 31.7 Å². The fourth-order valence-corrected chi connectivity index (χ4v) is 2.92. The highest BCUT2D eigenvalue weighted by Crippen LogP contribution is 2.28. The minimum absolute atomic E-state index is 0. The fourth-order valence-electron chi connectivity index (χ4n) is 2.92. The lowest BCUT2D eigenvalue weighted by atomic mass is 10.3. The summed E-state index contributed by atoms with van der Waals surface area (Å²) in [4.78, 5) is 29.6. The maximum Gasteiger partial charge on any atom is 0.225 e. The van der Waals surface area contributed by atoms with E-state index in [1.54, 1.807) is 12.4 Å². The summed E-state index contributed by atoms with van der Waals surface area (Å²) in [6.07, 6.45) is 6.56. The lowest BCUT2D eigenvalue weighted by Gasteiger charge is -2.34. The van der Waals surface area contributed by atoms with Crippen LogP contribution in [0.25, 0.3) is 0 Å². The molecule has 1 amide bonds. The zero-order chi connectivity index (χ0) is 18.2. The highest BCUT2D eigenvalue weighted by Gasteiger charge is 2.22. The molecule has 27 heavy (non-hydrogen) atoms. The van der Waals surface area contributed by atoms with Gasteiger partial charge in [0.25, 0.3) is 0 Å². The molecule has 2 heterocycles. The van der Waals surface area contributed by atoms with E-state index >= 15 is 0 Å². The lowest BCUT2D eigenvalue weighted by Crippen LogP contribution is -2.50. The highest BCUT2D eigenvalue weighted by atomic mass is 127. The van der Waals surface area contributed by atoms with Gasteiger partial charge in [0.1, 0.15) is 0 Å². The number of rotatable bonds is 7. The number of aromatic nitrogens is 2. The maximum atomic E-state index is 12.4. The van der Waals surface area contributed by atoms with Gasteiger partial charge in [-0.3, -0.25) is 9.79 Å². The fraction of sp³-hybridized carbons (Fsp3) is 0.667. The third-order valence-electron chi connectivity index (χ3n) is 4.65. The van der Waals surface area contributed by atoms with Crippen molar-refractivity contribution in [1.29, 1.82) is 0 Å². The zero-order valence-corrected chi connectivity index (χ0v) is 18.3. The summed E-state index contributed by atoms with van der Waals surface area (Å²) in [6.45, 7) is 7.34. The molecule has 0 spiro atoms. The summed E-state index contributed by atoms with van der Waals surface area (Å²) in [7, 11) is 0. The number of carbonyl (C=O) groups excluding carboxylic acids is 1. The Hall–Kier alpha value is -1.65. The number of amides is 1. The second kappa shape index (κ2) is 11.3. The van der Waals surface area contributed by atoms with Gasteiger partial charge in [0, 0.05) is 64.6 Å². The van der Waals surface area contributed by atoms with Gasteiger partial charge in [0.05, 0.1) is 0 Å². The molecular weight excluding hydrogens is 457 g/mol. The first-order chi connectivity index (χ1) is 12.8. The van der Waals surface area contributed by atoms with E-state index in [1.807, 2.05) is 11.0 Å². The Morgan fingerprint density at radius 2 is 1.89 bits per heavy atom. The molecule has 1 aliphatic heterocycles. The lowest BCUT2D eigenvalue weighted by molar-refractivity contribution is -0.131. The van der Waals surface area contributed by atoms with E-state index in [1.165, 1.54) is 12.8 Å². The SMILES string of the molecule is CCNC(=NCC1CC1)NCCC(=O)N1CCN(c2ncccn2)CC1.I. The Bertz CT molecular complexity index is 601. The van der Waals surface area contributed by atoms with Crippen molar-refractivity contribution in [3.63, 3.8) is 0 Å². The van der Waals surface area contributed by atoms with Gasteiger partial charge >= 0.3 is 0 Å². The number of hydrogen-bond donors (Lipinski definition) is 2. The van der Waals surface area contributed by atoms with Crippen LogP contribution in [-0.4, -0.2) is 72.5 Å². The molecule has 1 saturated carbocycles. The van der Waals surface area contributed by atoms with Crippen molar-refractivity contribution in [2.24, 2.45) is 10.9 Å². The molecule has 1 aromatic heterocycles. The van der Waals surface area contributed by atoms with Crippen molar-refractivity contribution in [2.45, 2.75) is 26.2 Å². The third-order valence-corrected chi connectivity index (χ3v) is 4.65. The van der Waals surface area contributed by atoms with Gasteiger partial charge in [-0.15, -0.1) is 24.0 Å². The van der Waals surface area contributed by atoms with E-state index in [0.29, 0.717) is 26.1 Å². The van der Waals surface area contributed by atoms with E-state index in [2.05, 4.69) is 37.4 Å². The van der Waals surface area contributed by atoms with Crippen LogP contribution in [0.15, 0.2) is 23.5 Å². The van der Waals surface area contributed by atoms with Crippen LogP contribution >= 0.6 is 24.0 Å². The number of halogens is 1. The highest BCUT2D eigenvalue weighted by molar-refractivity contribution is 14.0. The van der Waals surface area contributed by atoms with Gasteiger partial charge < -0.3 is 20.4 Å². The Balaban J connectivity index is 0.00000261. The van der Waals surface area contributed by atoms with Crippen LogP contribution in [0.5, 0.6) is 0 Å². The molecule has 1 saturated heterocycles. The number of carbonyl (C=O) groups is 1. The first-order valence-corrected chi connectivity index (χ1v) is 9.58. The molecule has 1 aliphatic carbocycles. The molecule has 0 atom stereocenters. The summed E-state index contributed by atoms with van der Waals surface area (Å²) in [5, 5.41) is 6.51. The Morgan fingerprint density at radius 1 is 1.19 bits per heavy atom.